The van der Waals surface area contributed by atoms with E-state index in [0.717, 1.165) is 38.4 Å². The molecule has 1 saturated carbocycles. The SMILES string of the molecule is CC(C)CN=C(NCC1CCS(=O)(=O)C1)NC1CCOC2(CCCCC2)C1. The Hall–Kier alpha value is -0.820. The van der Waals surface area contributed by atoms with Crippen LogP contribution in [0.2, 0.25) is 0 Å². The lowest BCUT2D eigenvalue weighted by molar-refractivity contribution is -0.107. The molecule has 2 heterocycles. The molecule has 1 spiro atoms. The minimum absolute atomic E-state index is 0.0663. The maximum absolute atomic E-state index is 11.7. The van der Waals surface area contributed by atoms with Gasteiger partial charge in [-0.05, 0) is 43.9 Å². The molecule has 2 atom stereocenters. The summed E-state index contributed by atoms with van der Waals surface area (Å²) in [5.74, 6) is 2.16. The standard InChI is InChI=1S/C20H37N3O3S/c1-16(2)13-21-19(22-14-17-7-11-27(24,25)15-17)23-18-6-10-26-20(12-18)8-4-3-5-9-20/h16-18H,3-15H2,1-2H3,(H2,21,22,23). The molecule has 156 valence electrons. The number of guanidine groups is 1. The number of aliphatic imine (C=N–C) groups is 1. The lowest BCUT2D eigenvalue weighted by Gasteiger charge is -2.44. The second-order valence-corrected chi connectivity index (χ2v) is 11.4. The van der Waals surface area contributed by atoms with E-state index in [4.69, 9.17) is 9.73 Å². The normalized spacial score (nSPS) is 30.6. The highest BCUT2D eigenvalue weighted by atomic mass is 32.2. The van der Waals surface area contributed by atoms with Gasteiger partial charge >= 0.3 is 0 Å². The second kappa shape index (κ2) is 9.12. The summed E-state index contributed by atoms with van der Waals surface area (Å²) >= 11 is 0. The summed E-state index contributed by atoms with van der Waals surface area (Å²) in [6, 6.07) is 0.377. The summed E-state index contributed by atoms with van der Waals surface area (Å²) in [6.45, 7) is 6.59. The fraction of sp³-hybridized carbons (Fsp3) is 0.950. The first-order valence-electron chi connectivity index (χ1n) is 10.8. The topological polar surface area (TPSA) is 79.8 Å². The molecule has 0 radical (unpaired) electrons. The van der Waals surface area contributed by atoms with E-state index < -0.39 is 9.84 Å². The Bertz CT molecular complexity index is 606. The molecule has 2 aliphatic heterocycles. The first-order valence-corrected chi connectivity index (χ1v) is 12.6. The Balaban J connectivity index is 1.56. The van der Waals surface area contributed by atoms with Crippen molar-refractivity contribution in [2.75, 3.05) is 31.2 Å². The van der Waals surface area contributed by atoms with Crippen molar-refractivity contribution >= 4 is 15.8 Å². The van der Waals surface area contributed by atoms with E-state index in [9.17, 15) is 8.42 Å². The predicted molar refractivity (Wildman–Crippen MR) is 110 cm³/mol. The molecule has 1 aliphatic carbocycles. The number of hydrogen-bond donors (Lipinski definition) is 2. The van der Waals surface area contributed by atoms with Crippen LogP contribution in [0, 0.1) is 11.8 Å². The number of nitrogens with zero attached hydrogens (tertiary/aromatic N) is 1. The molecule has 3 aliphatic rings. The van der Waals surface area contributed by atoms with Gasteiger partial charge in [0.1, 0.15) is 0 Å². The maximum atomic E-state index is 11.7. The van der Waals surface area contributed by atoms with Crippen LogP contribution < -0.4 is 10.6 Å². The summed E-state index contributed by atoms with van der Waals surface area (Å²) < 4.78 is 29.6. The summed E-state index contributed by atoms with van der Waals surface area (Å²) in [7, 11) is -2.83. The lowest BCUT2D eigenvalue weighted by atomic mass is 9.78. The van der Waals surface area contributed by atoms with Crippen molar-refractivity contribution in [2.24, 2.45) is 16.8 Å². The monoisotopic (exact) mass is 399 g/mol. The van der Waals surface area contributed by atoms with Crippen LogP contribution >= 0.6 is 0 Å². The van der Waals surface area contributed by atoms with Crippen LogP contribution in [-0.4, -0.2) is 57.2 Å². The molecule has 0 aromatic heterocycles. The number of rotatable bonds is 5. The van der Waals surface area contributed by atoms with Gasteiger partial charge in [-0.3, -0.25) is 4.99 Å². The van der Waals surface area contributed by atoms with Gasteiger partial charge in [0, 0.05) is 25.7 Å². The smallest absolute Gasteiger partial charge is 0.191 e. The Labute approximate surface area is 164 Å². The molecule has 2 N–H and O–H groups in total. The van der Waals surface area contributed by atoms with Gasteiger partial charge in [0.15, 0.2) is 15.8 Å². The zero-order valence-corrected chi connectivity index (χ0v) is 17.8. The molecule has 27 heavy (non-hydrogen) atoms. The van der Waals surface area contributed by atoms with Crippen molar-refractivity contribution in [3.05, 3.63) is 0 Å². The number of nitrogens with one attached hydrogen (secondary N) is 2. The molecular formula is C20H37N3O3S. The minimum atomic E-state index is -2.83. The molecule has 0 amide bonds. The molecule has 0 bridgehead atoms. The molecule has 3 fully saturated rings. The molecule has 3 rings (SSSR count). The fourth-order valence-corrected chi connectivity index (χ4v) is 6.45. The van der Waals surface area contributed by atoms with E-state index in [1.54, 1.807) is 0 Å². The van der Waals surface area contributed by atoms with Gasteiger partial charge in [0.25, 0.3) is 0 Å². The zero-order chi connectivity index (χ0) is 19.3. The molecular weight excluding hydrogens is 362 g/mol. The van der Waals surface area contributed by atoms with Gasteiger partial charge in [-0.1, -0.05) is 33.1 Å². The molecule has 2 unspecified atom stereocenters. The number of hydrogen-bond acceptors (Lipinski definition) is 4. The van der Waals surface area contributed by atoms with E-state index in [1.807, 2.05) is 0 Å². The third kappa shape index (κ3) is 6.34. The highest BCUT2D eigenvalue weighted by Crippen LogP contribution is 2.38. The van der Waals surface area contributed by atoms with E-state index in [-0.39, 0.29) is 11.5 Å². The maximum Gasteiger partial charge on any atom is 0.191 e. The van der Waals surface area contributed by atoms with Gasteiger partial charge in [0.05, 0.1) is 17.1 Å². The quantitative estimate of drug-likeness (QED) is 0.548. The third-order valence-corrected chi connectivity index (χ3v) is 7.94. The van der Waals surface area contributed by atoms with Crippen molar-refractivity contribution in [1.29, 1.82) is 0 Å². The van der Waals surface area contributed by atoms with Crippen LogP contribution in [0.15, 0.2) is 4.99 Å². The zero-order valence-electron chi connectivity index (χ0n) is 17.0. The molecule has 0 aromatic rings. The van der Waals surface area contributed by atoms with Gasteiger partial charge < -0.3 is 15.4 Å². The van der Waals surface area contributed by atoms with Crippen LogP contribution in [-0.2, 0) is 14.6 Å². The molecule has 0 aromatic carbocycles. The van der Waals surface area contributed by atoms with Gasteiger partial charge in [-0.15, -0.1) is 0 Å². The first kappa shape index (κ1) is 20.9. The first-order chi connectivity index (χ1) is 12.9. The Kier molecular flexibility index (Phi) is 7.06. The van der Waals surface area contributed by atoms with Crippen molar-refractivity contribution in [2.45, 2.75) is 76.9 Å². The van der Waals surface area contributed by atoms with Gasteiger partial charge in [-0.2, -0.15) is 0 Å². The van der Waals surface area contributed by atoms with E-state index in [1.165, 1.54) is 32.1 Å². The summed E-state index contributed by atoms with van der Waals surface area (Å²) in [6.07, 6.45) is 9.04. The highest BCUT2D eigenvalue weighted by Gasteiger charge is 2.38. The third-order valence-electron chi connectivity index (χ3n) is 6.10. The van der Waals surface area contributed by atoms with E-state index in [0.29, 0.717) is 30.0 Å². The second-order valence-electron chi connectivity index (χ2n) is 9.16. The van der Waals surface area contributed by atoms with Crippen molar-refractivity contribution in [1.82, 2.24) is 10.6 Å². The van der Waals surface area contributed by atoms with Gasteiger partial charge in [0.2, 0.25) is 0 Å². The lowest BCUT2D eigenvalue weighted by Crippen LogP contribution is -2.52. The average Bonchev–Trinajstić information content (AvgIpc) is 2.97. The Morgan fingerprint density at radius 2 is 2.00 bits per heavy atom. The number of ether oxygens (including phenoxy) is 1. The fourth-order valence-electron chi connectivity index (χ4n) is 4.59. The van der Waals surface area contributed by atoms with Crippen molar-refractivity contribution < 1.29 is 13.2 Å². The Morgan fingerprint density at radius 3 is 2.67 bits per heavy atom. The minimum Gasteiger partial charge on any atom is -0.375 e. The molecule has 2 saturated heterocycles. The highest BCUT2D eigenvalue weighted by molar-refractivity contribution is 7.91. The van der Waals surface area contributed by atoms with Gasteiger partial charge in [-0.25, -0.2) is 8.42 Å². The molecule has 7 heteroatoms. The predicted octanol–water partition coefficient (Wildman–Crippen LogP) is 2.49. The van der Waals surface area contributed by atoms with Crippen LogP contribution in [0.4, 0.5) is 0 Å². The number of sulfone groups is 1. The summed E-state index contributed by atoms with van der Waals surface area (Å²) in [5, 5.41) is 7.06. The van der Waals surface area contributed by atoms with Crippen LogP contribution in [0.25, 0.3) is 0 Å². The van der Waals surface area contributed by atoms with Crippen LogP contribution in [0.5, 0.6) is 0 Å². The van der Waals surface area contributed by atoms with Crippen LogP contribution in [0.1, 0.15) is 65.2 Å². The van der Waals surface area contributed by atoms with E-state index >= 15 is 0 Å². The van der Waals surface area contributed by atoms with Crippen molar-refractivity contribution in [3.8, 4) is 0 Å². The largest absolute Gasteiger partial charge is 0.375 e. The Morgan fingerprint density at radius 1 is 1.22 bits per heavy atom. The van der Waals surface area contributed by atoms with Crippen molar-refractivity contribution in [3.63, 3.8) is 0 Å². The van der Waals surface area contributed by atoms with Crippen LogP contribution in [0.3, 0.4) is 0 Å². The average molecular weight is 400 g/mol. The molecule has 6 nitrogen and oxygen atoms in total. The van der Waals surface area contributed by atoms with E-state index in [2.05, 4.69) is 24.5 Å². The summed E-state index contributed by atoms with van der Waals surface area (Å²) in [4.78, 5) is 4.75. The summed E-state index contributed by atoms with van der Waals surface area (Å²) in [5.41, 5.74) is 0.0663.